The number of rotatable bonds is 46. The first-order valence-corrected chi connectivity index (χ1v) is 52.7. The number of aliphatic carboxylic acids is 4. The van der Waals surface area contributed by atoms with Crippen molar-refractivity contribution < 1.29 is 375 Å². The van der Waals surface area contributed by atoms with Gasteiger partial charge in [0.1, 0.15) is 152 Å². The average molecular weight is 2330 g/mol. The van der Waals surface area contributed by atoms with Gasteiger partial charge in [0.15, 0.2) is 74.6 Å². The Morgan fingerprint density at radius 3 is 0.851 bits per heavy atom. The monoisotopic (exact) mass is 2330 g/mol. The van der Waals surface area contributed by atoms with Crippen LogP contribution in [-0.2, 0) is 248 Å². The molecule has 7 fully saturated rings. The summed E-state index contributed by atoms with van der Waals surface area (Å²) in [6.45, 7) is -8.10. The molecule has 0 aromatic heterocycles. The zero-order valence-corrected chi connectivity index (χ0v) is 79.5. The Labute approximate surface area is 808 Å². The van der Waals surface area contributed by atoms with Crippen molar-refractivity contribution in [3.05, 3.63) is 11.8 Å². The van der Waals surface area contributed by atoms with E-state index in [1.165, 1.54) is 4.72 Å². The van der Waals surface area contributed by atoms with Crippen molar-refractivity contribution in [2.75, 3.05) is 26.4 Å². The Balaban J connectivity index is 0.0000270. The quantitative estimate of drug-likeness (QED) is 0.0199. The maximum absolute atomic E-state index is 13.5. The van der Waals surface area contributed by atoms with Crippen molar-refractivity contribution in [1.29, 1.82) is 0 Å². The third-order valence-corrected chi connectivity index (χ3v) is 24.9. The number of aliphatic hydroxyl groups is 9. The van der Waals surface area contributed by atoms with Crippen LogP contribution in [0.3, 0.4) is 0 Å². The summed E-state index contributed by atoms with van der Waals surface area (Å²) >= 11 is 0. The Morgan fingerprint density at radius 2 is 0.532 bits per heavy atom. The zero-order valence-electron chi connectivity index (χ0n) is 67.7. The van der Waals surface area contributed by atoms with Gasteiger partial charge in [-0.1, -0.05) is 0 Å². The molecular formula is C48H76N4NaO76S12+. The molecule has 8 heterocycles. The standard InChI is InChI=1S/C48H76N4O76S12.Na/c53-6-1-7(37(61)62)111-45(16(6)54)115-23-8(2-106-133(82,83)84)112-42(12(17(23)55)49-129(70,71)72)119-29-19(57)20(58)46(122-34(29)38(63)64)117-26-11(5-109-136(91,92)93)114-44(15(52-132(79,80)81)28(26)126-138(97,98)99)121-31-22(60)32(127-139(100,101)102)47(123-36(31)40(67)68)116-24-9(3-107-134(85,86)87)113-43(13(18(24)56)50-130(73,74)75)120-30-21(59)33(128-140(103,104)105)48(124-35(30)39(65)66)118-25-10(4-108-135(88,89)90)110-41(69)14(51-131(76,77)78)27(25)125-137(94,95)96;/h1,6,8-36,41-60,69H,2-5H2,(H,61,62)(H,63,64)(H,65,66)(H,67,68)(H,70,71,72)(H,73,74,75)(H,76,77,78)(H,79,80,81)(H,82,83,84)(H,85,86,87)(H,88,89,90)(H,91,92,93)(H,94,95,96)(H,97,98,99)(H,100,101,102)(H,103,104,105);/q;+1/t6-,8+,9+,10+,11+,12+,13+,14+,15+,16+,17+,18+,19+,20+,21-,22-,23+,24+,25+,26+,27+,28+,29-,30-,31-,32+,33+,34-,35+,36+,41?,42+,43+,44+,45-,46+,47+,48+;/m0./s1. The second kappa shape index (κ2) is 47.2. The van der Waals surface area contributed by atoms with Crippen LogP contribution in [-0.4, -0.2) is 506 Å². The van der Waals surface area contributed by atoms with E-state index in [1.54, 1.807) is 0 Å². The molecule has 8 rings (SSSR count). The summed E-state index contributed by atoms with van der Waals surface area (Å²) in [7, 11) is -74.2. The van der Waals surface area contributed by atoms with Gasteiger partial charge >= 0.3 is 178 Å². The molecule has 38 atom stereocenters. The van der Waals surface area contributed by atoms with E-state index < -0.39 is 414 Å². The summed E-state index contributed by atoms with van der Waals surface area (Å²) in [6, 6.07) is -12.8. The minimum Gasteiger partial charge on any atom is -0.479 e. The number of ether oxygens (including phenoxy) is 15. The number of nitrogens with one attached hydrogen (secondary N) is 4. The fraction of sp³-hybridized carbons (Fsp3) is 0.875. The van der Waals surface area contributed by atoms with Crippen LogP contribution in [0.1, 0.15) is 0 Å². The molecule has 0 spiro atoms. The molecule has 93 heteroatoms. The first-order valence-electron chi connectivity index (χ1n) is 36.0. The van der Waals surface area contributed by atoms with Gasteiger partial charge in [0.05, 0.1) is 26.4 Å². The summed E-state index contributed by atoms with van der Waals surface area (Å²) < 4.78 is 534. The number of hydrogen-bond acceptors (Lipinski definition) is 60. The van der Waals surface area contributed by atoms with Gasteiger partial charge in [0, 0.05) is 0 Å². The largest absolute Gasteiger partial charge is 1.00 e. The van der Waals surface area contributed by atoms with Crippen LogP contribution in [0.25, 0.3) is 0 Å². The molecule has 29 N–H and O–H groups in total. The van der Waals surface area contributed by atoms with Gasteiger partial charge in [-0.2, -0.15) is 120 Å². The van der Waals surface area contributed by atoms with Crippen molar-refractivity contribution in [1.82, 2.24) is 18.9 Å². The van der Waals surface area contributed by atoms with Crippen LogP contribution in [0, 0.1) is 0 Å². The third kappa shape index (κ3) is 36.1. The number of carboxylic acids is 4. The molecule has 8 aliphatic heterocycles. The molecule has 1 unspecified atom stereocenters. The molecule has 0 bridgehead atoms. The maximum Gasteiger partial charge on any atom is 1.00 e. The van der Waals surface area contributed by atoms with Gasteiger partial charge in [0.25, 0.3) is 0 Å². The molecule has 0 aromatic rings. The summed E-state index contributed by atoms with van der Waals surface area (Å²) in [5.41, 5.74) is 0. The van der Waals surface area contributed by atoms with Crippen LogP contribution in [0.15, 0.2) is 11.8 Å². The summed E-state index contributed by atoms with van der Waals surface area (Å²) in [5.74, 6) is -11.4. The minimum atomic E-state index is -6.63. The number of carbonyl (C=O) groups is 4. The predicted molar refractivity (Wildman–Crippen MR) is 398 cm³/mol. The number of aliphatic hydroxyl groups excluding tert-OH is 9. The van der Waals surface area contributed by atoms with Gasteiger partial charge in [-0.15, -0.1) is 0 Å². The van der Waals surface area contributed by atoms with Crippen LogP contribution in [0.5, 0.6) is 0 Å². The minimum absolute atomic E-state index is 0. The van der Waals surface area contributed by atoms with Crippen molar-refractivity contribution in [3.8, 4) is 0 Å². The van der Waals surface area contributed by atoms with Crippen molar-refractivity contribution >= 4 is 148 Å². The van der Waals surface area contributed by atoms with Gasteiger partial charge in [-0.25, -0.2) is 52.6 Å². The maximum atomic E-state index is 13.5. The molecule has 0 aliphatic carbocycles. The Bertz CT molecular complexity index is 5930. The van der Waals surface area contributed by atoms with E-state index in [4.69, 9.17) is 71.1 Å². The van der Waals surface area contributed by atoms with Gasteiger partial charge < -0.3 is 137 Å². The fourth-order valence-electron chi connectivity index (χ4n) is 13.8. The first-order chi connectivity index (χ1) is 63.4. The molecule has 0 saturated carbocycles. The smallest absolute Gasteiger partial charge is 0.479 e. The van der Waals surface area contributed by atoms with Crippen LogP contribution in [0.2, 0.25) is 0 Å². The van der Waals surface area contributed by atoms with Crippen LogP contribution in [0.4, 0.5) is 0 Å². The van der Waals surface area contributed by atoms with E-state index in [1.807, 2.05) is 0 Å². The summed E-state index contributed by atoms with van der Waals surface area (Å²) in [5, 5.41) is 144. The summed E-state index contributed by atoms with van der Waals surface area (Å²) in [4.78, 5) is 51.7. The molecule has 816 valence electrons. The van der Waals surface area contributed by atoms with E-state index in [9.17, 15) is 241 Å². The number of hydrogen-bond donors (Lipinski definition) is 29. The molecule has 7 saturated heterocycles. The molecule has 0 aromatic carbocycles. The van der Waals surface area contributed by atoms with E-state index >= 15 is 0 Å². The molecular weight excluding hydrogens is 2260 g/mol. The van der Waals surface area contributed by atoms with Gasteiger partial charge in [-0.3, -0.25) is 54.6 Å². The second-order valence-electron chi connectivity index (χ2n) is 28.7. The van der Waals surface area contributed by atoms with Crippen LogP contribution >= 0.6 is 0 Å². The van der Waals surface area contributed by atoms with Crippen molar-refractivity contribution in [2.45, 2.75) is 233 Å². The molecule has 0 radical (unpaired) electrons. The SMILES string of the molecule is O=C(O)C1=C[C@H](O)[C@@H](O)[C@H](O[C@H]2[C@H](O)[C@@H](NS(=O)(=O)O)[C@@H](O[C@H]3[C@H](O)[C@@H](O)[C@H](O[C@H]4[C@H](OS(=O)(=O)O)[C@@H](NS(=O)(=O)O)[C@@H](O[C@H]5[C@H](O)[C@@H](OS(=O)(=O)O)[C@H](O[C@H]6[C@H](O)[C@@H](NS(=O)(=O)O)[C@@H](O[C@H]7[C@H](O)[C@@H](OS(=O)(=O)O)[C@H](O[C@H]8[C@H](OS(=O)(=O)O)[C@@H](NS(=O)(=O)O)C(O)O[C@@H]8COS(=O)(=O)O)O[C@H]7C(=O)O)O[C@@H]6COS(=O)(=O)O)O[C@H]5C(=O)O)O[C@@H]4COS(=O)(=O)O)O[C@@H]3C(=O)O)O[C@@H]2COS(=O)(=O)O)O1.[Na+]. The van der Waals surface area contributed by atoms with E-state index in [2.05, 4.69) is 33.5 Å². The molecule has 0 amide bonds. The third-order valence-electron chi connectivity index (χ3n) is 19.0. The van der Waals surface area contributed by atoms with Crippen molar-refractivity contribution in [2.24, 2.45) is 0 Å². The normalized spacial score (nSPS) is 38.2. The number of carboxylic acid groups (broad SMARTS) is 4. The predicted octanol–water partition coefficient (Wildman–Crippen LogP) is -23.7. The van der Waals surface area contributed by atoms with E-state index in [-0.39, 0.29) is 29.6 Å². The topological polar surface area (TPSA) is 1240 Å². The van der Waals surface area contributed by atoms with Gasteiger partial charge in [0.2, 0.25) is 12.0 Å². The zero-order chi connectivity index (χ0) is 106. The summed E-state index contributed by atoms with van der Waals surface area (Å²) in [6.07, 6.45) is -109. The van der Waals surface area contributed by atoms with Crippen molar-refractivity contribution in [3.63, 3.8) is 0 Å². The van der Waals surface area contributed by atoms with E-state index in [0.29, 0.717) is 6.08 Å². The fourth-order valence-corrected chi connectivity index (χ4v) is 19.4. The van der Waals surface area contributed by atoms with E-state index in [0.717, 1.165) is 14.2 Å². The first kappa shape index (κ1) is 124. The molecule has 141 heavy (non-hydrogen) atoms. The second-order valence-corrected chi connectivity index (χ2v) is 42.0. The average Bonchev–Trinajstić information content (AvgIpc) is 0.779. The molecule has 80 nitrogen and oxygen atoms in total. The molecule has 8 aliphatic rings. The Morgan fingerprint density at radius 1 is 0.270 bits per heavy atom. The Hall–Kier alpha value is -4.06. The van der Waals surface area contributed by atoms with Crippen LogP contribution < -0.4 is 48.4 Å². The van der Waals surface area contributed by atoms with Gasteiger partial charge in [-0.05, 0) is 6.08 Å². The Kier molecular flexibility index (Phi) is 41.5.